The summed E-state index contributed by atoms with van der Waals surface area (Å²) < 4.78 is 31.8. The van der Waals surface area contributed by atoms with Crippen molar-refractivity contribution >= 4 is 21.8 Å². The maximum absolute atomic E-state index is 12.2. The van der Waals surface area contributed by atoms with Crippen LogP contribution in [0.15, 0.2) is 41.3 Å². The number of nitrogens with one attached hydrogen (secondary N) is 1. The molecule has 0 aliphatic carbocycles. The van der Waals surface area contributed by atoms with Crippen LogP contribution in [0.1, 0.15) is 27.0 Å². The fourth-order valence-corrected chi connectivity index (χ4v) is 3.54. The Morgan fingerprint density at radius 3 is 2.08 bits per heavy atom. The first-order chi connectivity index (χ1) is 12.1. The largest absolute Gasteiger partial charge is 0.483 e. The first-order valence-corrected chi connectivity index (χ1v) is 9.24. The number of ether oxygens (including phenoxy) is 1. The van der Waals surface area contributed by atoms with Crippen LogP contribution in [0.5, 0.6) is 5.75 Å². The number of rotatable bonds is 6. The zero-order valence-electron chi connectivity index (χ0n) is 14.7. The average molecular weight is 376 g/mol. The summed E-state index contributed by atoms with van der Waals surface area (Å²) in [5.41, 5.74) is 8.07. The molecule has 0 aliphatic heterocycles. The van der Waals surface area contributed by atoms with E-state index in [1.54, 1.807) is 0 Å². The Labute approximate surface area is 152 Å². The van der Waals surface area contributed by atoms with Crippen LogP contribution in [0.2, 0.25) is 0 Å². The van der Waals surface area contributed by atoms with E-state index in [1.807, 2.05) is 37.6 Å². The Bertz CT molecular complexity index is 927. The molecule has 0 aromatic heterocycles. The number of amides is 2. The average Bonchev–Trinajstić information content (AvgIpc) is 2.53. The molecule has 0 heterocycles. The summed E-state index contributed by atoms with van der Waals surface area (Å²) in [6.07, 6.45) is 0. The summed E-state index contributed by atoms with van der Waals surface area (Å²) in [5, 5.41) is 0. The maximum Gasteiger partial charge on any atom is 0.271 e. The van der Waals surface area contributed by atoms with Gasteiger partial charge >= 0.3 is 0 Å². The van der Waals surface area contributed by atoms with Crippen LogP contribution >= 0.6 is 0 Å². The highest BCUT2D eigenvalue weighted by Crippen LogP contribution is 2.24. The summed E-state index contributed by atoms with van der Waals surface area (Å²) in [5.74, 6) is -0.924. The van der Waals surface area contributed by atoms with Crippen molar-refractivity contribution in [1.82, 2.24) is 4.72 Å². The molecule has 8 heteroatoms. The standard InChI is InChI=1S/C18H20N2O5S/c1-11-8-12(2)17(13(3)9-11)25-10-16(21)20-26(23,24)15-6-4-14(5-7-15)18(19)22/h4-9H,10H2,1-3H3,(H2,19,22)(H,20,21). The van der Waals surface area contributed by atoms with Crippen LogP contribution < -0.4 is 15.2 Å². The lowest BCUT2D eigenvalue weighted by Crippen LogP contribution is -2.34. The van der Waals surface area contributed by atoms with Crippen LogP contribution in [-0.4, -0.2) is 26.8 Å². The van der Waals surface area contributed by atoms with Crippen LogP contribution in [0.25, 0.3) is 0 Å². The molecule has 2 amide bonds. The molecule has 2 aromatic carbocycles. The zero-order chi connectivity index (χ0) is 19.5. The summed E-state index contributed by atoms with van der Waals surface area (Å²) in [6, 6.07) is 8.78. The van der Waals surface area contributed by atoms with E-state index in [0.29, 0.717) is 5.75 Å². The Morgan fingerprint density at radius 1 is 1.04 bits per heavy atom. The van der Waals surface area contributed by atoms with E-state index in [4.69, 9.17) is 10.5 Å². The van der Waals surface area contributed by atoms with Crippen molar-refractivity contribution in [2.24, 2.45) is 5.73 Å². The van der Waals surface area contributed by atoms with E-state index in [1.165, 1.54) is 24.3 Å². The Morgan fingerprint density at radius 2 is 1.58 bits per heavy atom. The molecule has 0 saturated carbocycles. The van der Waals surface area contributed by atoms with E-state index in [2.05, 4.69) is 0 Å². The molecule has 0 unspecified atom stereocenters. The van der Waals surface area contributed by atoms with Gasteiger partial charge in [-0.25, -0.2) is 13.1 Å². The molecule has 0 aliphatic rings. The minimum Gasteiger partial charge on any atom is -0.483 e. The smallest absolute Gasteiger partial charge is 0.271 e. The first kappa shape index (κ1) is 19.5. The van der Waals surface area contributed by atoms with E-state index < -0.39 is 28.4 Å². The van der Waals surface area contributed by atoms with E-state index >= 15 is 0 Å². The summed E-state index contributed by atoms with van der Waals surface area (Å²) in [6.45, 7) is 5.21. The van der Waals surface area contributed by atoms with E-state index in [0.717, 1.165) is 16.7 Å². The van der Waals surface area contributed by atoms with Gasteiger partial charge in [-0.2, -0.15) is 0 Å². The molecule has 0 fully saturated rings. The van der Waals surface area contributed by atoms with Crippen molar-refractivity contribution in [2.75, 3.05) is 6.61 Å². The van der Waals surface area contributed by atoms with Gasteiger partial charge < -0.3 is 10.5 Å². The number of hydrogen-bond donors (Lipinski definition) is 2. The Kier molecular flexibility index (Phi) is 5.66. The highest BCUT2D eigenvalue weighted by atomic mass is 32.2. The molecule has 0 radical (unpaired) electrons. The van der Waals surface area contributed by atoms with Gasteiger partial charge in [-0.1, -0.05) is 17.7 Å². The van der Waals surface area contributed by atoms with Gasteiger partial charge in [0.25, 0.3) is 15.9 Å². The van der Waals surface area contributed by atoms with Gasteiger partial charge in [0.2, 0.25) is 5.91 Å². The molecule has 7 nitrogen and oxygen atoms in total. The molecule has 0 bridgehead atoms. The first-order valence-electron chi connectivity index (χ1n) is 7.76. The third-order valence-electron chi connectivity index (χ3n) is 3.65. The van der Waals surface area contributed by atoms with E-state index in [-0.39, 0.29) is 10.5 Å². The molecular formula is C18H20N2O5S. The lowest BCUT2D eigenvalue weighted by Gasteiger charge is -2.13. The second-order valence-corrected chi connectivity index (χ2v) is 7.62. The fraction of sp³-hybridized carbons (Fsp3) is 0.222. The molecule has 2 aromatic rings. The van der Waals surface area contributed by atoms with Crippen LogP contribution in [0, 0.1) is 20.8 Å². The van der Waals surface area contributed by atoms with Crippen LogP contribution in [-0.2, 0) is 14.8 Å². The van der Waals surface area contributed by atoms with Crippen molar-refractivity contribution in [2.45, 2.75) is 25.7 Å². The molecule has 0 atom stereocenters. The second-order valence-electron chi connectivity index (χ2n) is 5.93. The van der Waals surface area contributed by atoms with Crippen molar-refractivity contribution in [3.8, 4) is 5.75 Å². The quantitative estimate of drug-likeness (QED) is 0.794. The summed E-state index contributed by atoms with van der Waals surface area (Å²) in [7, 11) is -4.06. The highest BCUT2D eigenvalue weighted by Gasteiger charge is 2.19. The highest BCUT2D eigenvalue weighted by molar-refractivity contribution is 7.90. The predicted molar refractivity (Wildman–Crippen MR) is 96.4 cm³/mol. The van der Waals surface area contributed by atoms with Gasteiger partial charge in [-0.3, -0.25) is 9.59 Å². The van der Waals surface area contributed by atoms with Gasteiger partial charge in [-0.05, 0) is 56.2 Å². The van der Waals surface area contributed by atoms with Crippen molar-refractivity contribution < 1.29 is 22.7 Å². The van der Waals surface area contributed by atoms with Crippen molar-refractivity contribution in [1.29, 1.82) is 0 Å². The molecule has 0 spiro atoms. The van der Waals surface area contributed by atoms with E-state index in [9.17, 15) is 18.0 Å². The minimum absolute atomic E-state index is 0.154. The molecule has 3 N–H and O–H groups in total. The van der Waals surface area contributed by atoms with Gasteiger partial charge in [0.15, 0.2) is 6.61 Å². The van der Waals surface area contributed by atoms with Gasteiger partial charge in [0.1, 0.15) is 5.75 Å². The third-order valence-corrected chi connectivity index (χ3v) is 5.04. The number of carbonyl (C=O) groups is 2. The number of sulfonamides is 1. The second kappa shape index (κ2) is 7.57. The zero-order valence-corrected chi connectivity index (χ0v) is 15.5. The number of benzene rings is 2. The lowest BCUT2D eigenvalue weighted by atomic mass is 10.1. The lowest BCUT2D eigenvalue weighted by molar-refractivity contribution is -0.121. The van der Waals surface area contributed by atoms with Gasteiger partial charge in [0, 0.05) is 5.56 Å². The van der Waals surface area contributed by atoms with Crippen LogP contribution in [0.4, 0.5) is 0 Å². The maximum atomic E-state index is 12.2. The number of nitrogens with two attached hydrogens (primary N) is 1. The Balaban J connectivity index is 2.06. The SMILES string of the molecule is Cc1cc(C)c(OCC(=O)NS(=O)(=O)c2ccc(C(N)=O)cc2)c(C)c1. The third kappa shape index (κ3) is 4.60. The fourth-order valence-electron chi connectivity index (χ4n) is 2.57. The molecule has 0 saturated heterocycles. The molecule has 138 valence electrons. The van der Waals surface area contributed by atoms with Gasteiger partial charge in [0.05, 0.1) is 4.90 Å². The predicted octanol–water partition coefficient (Wildman–Crippen LogP) is 1.59. The van der Waals surface area contributed by atoms with Crippen molar-refractivity contribution in [3.63, 3.8) is 0 Å². The normalized spacial score (nSPS) is 11.0. The Hall–Kier alpha value is -2.87. The minimum atomic E-state index is -4.06. The summed E-state index contributed by atoms with van der Waals surface area (Å²) in [4.78, 5) is 22.8. The summed E-state index contributed by atoms with van der Waals surface area (Å²) >= 11 is 0. The van der Waals surface area contributed by atoms with Crippen LogP contribution in [0.3, 0.4) is 0 Å². The van der Waals surface area contributed by atoms with Gasteiger partial charge in [-0.15, -0.1) is 0 Å². The number of aryl methyl sites for hydroxylation is 3. The number of hydrogen-bond acceptors (Lipinski definition) is 5. The molecular weight excluding hydrogens is 356 g/mol. The van der Waals surface area contributed by atoms with Crippen molar-refractivity contribution in [3.05, 3.63) is 58.7 Å². The number of carbonyl (C=O) groups excluding carboxylic acids is 2. The molecule has 26 heavy (non-hydrogen) atoms. The topological polar surface area (TPSA) is 116 Å². The monoisotopic (exact) mass is 376 g/mol. The number of primary amides is 1. The molecule has 2 rings (SSSR count).